The first-order valence-corrected chi connectivity index (χ1v) is 10.4. The average molecular weight is 374 g/mol. The fourth-order valence-corrected chi connectivity index (χ4v) is 4.62. The van der Waals surface area contributed by atoms with Crippen LogP contribution in [0.25, 0.3) is 21.3 Å². The molecule has 25 heavy (non-hydrogen) atoms. The Morgan fingerprint density at radius 2 is 1.92 bits per heavy atom. The van der Waals surface area contributed by atoms with Gasteiger partial charge in [0, 0.05) is 23.2 Å². The van der Waals surface area contributed by atoms with Gasteiger partial charge >= 0.3 is 0 Å². The molecule has 0 aliphatic rings. The molecule has 0 amide bonds. The van der Waals surface area contributed by atoms with Crippen molar-refractivity contribution in [3.63, 3.8) is 0 Å². The minimum absolute atomic E-state index is 0.0489. The Labute approximate surface area is 156 Å². The summed E-state index contributed by atoms with van der Waals surface area (Å²) in [7, 11) is 0. The number of fused-ring (bicyclic) bond motifs is 1. The maximum absolute atomic E-state index is 12.6. The number of hydrogen-bond acceptors (Lipinski definition) is 5. The van der Waals surface area contributed by atoms with Crippen molar-refractivity contribution in [2.75, 3.05) is 25.4 Å². The van der Waals surface area contributed by atoms with Crippen LogP contribution in [0, 0.1) is 6.92 Å². The zero-order valence-corrected chi connectivity index (χ0v) is 16.5. The maximum atomic E-state index is 12.6. The topological polar surface area (TPSA) is 49.0 Å². The molecular formula is C19H23N3OS2. The molecule has 0 saturated heterocycles. The van der Waals surface area contributed by atoms with Gasteiger partial charge in [0.1, 0.15) is 4.83 Å². The summed E-state index contributed by atoms with van der Waals surface area (Å²) in [6.07, 6.45) is 0. The maximum Gasteiger partial charge on any atom is 0.260 e. The zero-order chi connectivity index (χ0) is 17.8. The highest BCUT2D eigenvalue weighted by Crippen LogP contribution is 2.31. The van der Waals surface area contributed by atoms with Crippen LogP contribution in [-0.4, -0.2) is 40.3 Å². The highest BCUT2D eigenvalue weighted by Gasteiger charge is 2.13. The van der Waals surface area contributed by atoms with Gasteiger partial charge < -0.3 is 9.88 Å². The minimum atomic E-state index is -0.0489. The summed E-state index contributed by atoms with van der Waals surface area (Å²) in [6, 6.07) is 8.25. The Balaban J connectivity index is 1.84. The number of aryl methyl sites for hydroxylation is 1. The summed E-state index contributed by atoms with van der Waals surface area (Å²) in [6.45, 7) is 9.48. The van der Waals surface area contributed by atoms with Gasteiger partial charge in [-0.25, -0.2) is 4.98 Å². The average Bonchev–Trinajstić information content (AvgIpc) is 3.04. The lowest BCUT2D eigenvalue weighted by Gasteiger charge is -2.16. The molecule has 0 fully saturated rings. The molecule has 132 valence electrons. The zero-order valence-electron chi connectivity index (χ0n) is 14.8. The Kier molecular flexibility index (Phi) is 5.93. The van der Waals surface area contributed by atoms with E-state index in [0.717, 1.165) is 41.3 Å². The third-order valence-corrected chi connectivity index (χ3v) is 6.05. The monoisotopic (exact) mass is 373 g/mol. The first-order chi connectivity index (χ1) is 12.1. The predicted octanol–water partition coefficient (Wildman–Crippen LogP) is 4.39. The van der Waals surface area contributed by atoms with E-state index < -0.39 is 0 Å². The molecule has 6 heteroatoms. The van der Waals surface area contributed by atoms with Gasteiger partial charge in [-0.2, -0.15) is 0 Å². The van der Waals surface area contributed by atoms with E-state index in [1.807, 2.05) is 5.38 Å². The van der Waals surface area contributed by atoms with Crippen molar-refractivity contribution in [3.8, 4) is 11.1 Å². The van der Waals surface area contributed by atoms with E-state index in [2.05, 4.69) is 59.9 Å². The Hall–Kier alpha value is -1.63. The van der Waals surface area contributed by atoms with Crippen LogP contribution in [0.3, 0.4) is 0 Å². The number of hydrogen-bond donors (Lipinski definition) is 1. The van der Waals surface area contributed by atoms with Crippen LogP contribution in [0.2, 0.25) is 0 Å². The number of aromatic nitrogens is 2. The summed E-state index contributed by atoms with van der Waals surface area (Å²) in [5, 5.41) is 3.44. The van der Waals surface area contributed by atoms with Gasteiger partial charge in [-0.15, -0.1) is 11.3 Å². The van der Waals surface area contributed by atoms with Gasteiger partial charge in [0.05, 0.1) is 5.39 Å². The van der Waals surface area contributed by atoms with Crippen molar-refractivity contribution in [1.29, 1.82) is 0 Å². The van der Waals surface area contributed by atoms with E-state index in [0.29, 0.717) is 10.5 Å². The number of nitrogens with zero attached hydrogens (tertiary/aromatic N) is 2. The number of nitrogens with one attached hydrogen (secondary N) is 1. The first kappa shape index (κ1) is 18.2. The van der Waals surface area contributed by atoms with Crippen LogP contribution in [0.15, 0.2) is 39.6 Å². The Bertz CT molecular complexity index is 895. The van der Waals surface area contributed by atoms with Crippen LogP contribution in [0.5, 0.6) is 0 Å². The van der Waals surface area contributed by atoms with Gasteiger partial charge in [0.25, 0.3) is 5.56 Å². The van der Waals surface area contributed by atoms with E-state index in [4.69, 9.17) is 0 Å². The number of thioether (sulfide) groups is 1. The van der Waals surface area contributed by atoms with Crippen LogP contribution < -0.4 is 5.56 Å². The fourth-order valence-electron chi connectivity index (χ4n) is 2.75. The second-order valence-electron chi connectivity index (χ2n) is 5.94. The highest BCUT2D eigenvalue weighted by atomic mass is 32.2. The molecule has 0 spiro atoms. The second-order valence-corrected chi connectivity index (χ2v) is 7.88. The van der Waals surface area contributed by atoms with Gasteiger partial charge in [-0.05, 0) is 25.6 Å². The summed E-state index contributed by atoms with van der Waals surface area (Å²) >= 11 is 3.15. The molecule has 3 aromatic rings. The lowest BCUT2D eigenvalue weighted by molar-refractivity contribution is 0.324. The number of H-pyrrole nitrogens is 1. The molecule has 0 unspecified atom stereocenters. The Morgan fingerprint density at radius 3 is 2.60 bits per heavy atom. The van der Waals surface area contributed by atoms with Crippen molar-refractivity contribution in [2.45, 2.75) is 25.9 Å². The molecule has 4 nitrogen and oxygen atoms in total. The van der Waals surface area contributed by atoms with Crippen LogP contribution in [-0.2, 0) is 0 Å². The van der Waals surface area contributed by atoms with Gasteiger partial charge in [-0.1, -0.05) is 55.4 Å². The Morgan fingerprint density at radius 1 is 1.20 bits per heavy atom. The van der Waals surface area contributed by atoms with Crippen LogP contribution in [0.1, 0.15) is 19.4 Å². The standard InChI is InChI=1S/C19H23N3OS2/c1-4-22(5-2)10-11-24-19-20-17(23)16-15(12-25-18(16)21-19)14-8-6-13(3)7-9-14/h6-9,12H,4-5,10-11H2,1-3H3,(H,20,21,23). The smallest absolute Gasteiger partial charge is 0.260 e. The normalized spacial score (nSPS) is 11.5. The summed E-state index contributed by atoms with van der Waals surface area (Å²) < 4.78 is 0. The third-order valence-electron chi connectivity index (χ3n) is 4.33. The molecule has 1 N–H and O–H groups in total. The first-order valence-electron chi connectivity index (χ1n) is 8.56. The SMILES string of the molecule is CCN(CC)CCSc1nc2scc(-c3ccc(C)cc3)c2c(=O)[nH]1. The van der Waals surface area contributed by atoms with Crippen LogP contribution in [0.4, 0.5) is 0 Å². The quantitative estimate of drug-likeness (QED) is 0.493. The van der Waals surface area contributed by atoms with Crippen molar-refractivity contribution < 1.29 is 0 Å². The molecule has 0 saturated carbocycles. The van der Waals surface area contributed by atoms with E-state index in [1.165, 1.54) is 16.9 Å². The summed E-state index contributed by atoms with van der Waals surface area (Å²) in [4.78, 5) is 23.4. The van der Waals surface area contributed by atoms with E-state index >= 15 is 0 Å². The highest BCUT2D eigenvalue weighted by molar-refractivity contribution is 7.99. The molecule has 0 radical (unpaired) electrons. The summed E-state index contributed by atoms with van der Waals surface area (Å²) in [5.74, 6) is 0.923. The molecular weight excluding hydrogens is 350 g/mol. The fraction of sp³-hybridized carbons (Fsp3) is 0.368. The lowest BCUT2D eigenvalue weighted by Crippen LogP contribution is -2.25. The van der Waals surface area contributed by atoms with E-state index in [1.54, 1.807) is 11.8 Å². The van der Waals surface area contributed by atoms with Crippen molar-refractivity contribution in [3.05, 3.63) is 45.6 Å². The summed E-state index contributed by atoms with van der Waals surface area (Å²) in [5.41, 5.74) is 3.19. The molecule has 2 aromatic heterocycles. The number of thiophene rings is 1. The van der Waals surface area contributed by atoms with Gasteiger partial charge in [0.15, 0.2) is 5.16 Å². The lowest BCUT2D eigenvalue weighted by atomic mass is 10.1. The van der Waals surface area contributed by atoms with E-state index in [-0.39, 0.29) is 5.56 Å². The third kappa shape index (κ3) is 4.14. The number of rotatable bonds is 7. The predicted molar refractivity (Wildman–Crippen MR) is 109 cm³/mol. The second kappa shape index (κ2) is 8.17. The van der Waals surface area contributed by atoms with Gasteiger partial charge in [-0.3, -0.25) is 4.79 Å². The van der Waals surface area contributed by atoms with Crippen molar-refractivity contribution in [2.24, 2.45) is 0 Å². The molecule has 0 bridgehead atoms. The molecule has 3 rings (SSSR count). The molecule has 2 heterocycles. The number of benzene rings is 1. The van der Waals surface area contributed by atoms with Crippen LogP contribution >= 0.6 is 23.1 Å². The molecule has 1 aromatic carbocycles. The van der Waals surface area contributed by atoms with Crippen molar-refractivity contribution >= 4 is 33.3 Å². The van der Waals surface area contributed by atoms with E-state index in [9.17, 15) is 4.79 Å². The molecule has 0 atom stereocenters. The minimum Gasteiger partial charge on any atom is -0.303 e. The van der Waals surface area contributed by atoms with Gasteiger partial charge in [0.2, 0.25) is 0 Å². The largest absolute Gasteiger partial charge is 0.303 e. The molecule has 0 aliphatic heterocycles. The molecule has 0 aliphatic carbocycles. The number of aromatic amines is 1. The van der Waals surface area contributed by atoms with Crippen molar-refractivity contribution in [1.82, 2.24) is 14.9 Å².